The van der Waals surface area contributed by atoms with E-state index >= 15 is 0 Å². The molecule has 3 aromatic rings. The van der Waals surface area contributed by atoms with Gasteiger partial charge in [0.25, 0.3) is 5.91 Å². The molecule has 0 radical (unpaired) electrons. The number of amides is 1. The number of rotatable bonds is 7. The average Bonchev–Trinajstić information content (AvgIpc) is 3.02. The SMILES string of the molecule is CCOC(=O)c1c(NC(=O)COc2ccc3c(C)cc(=O)oc3c2)oc(C)c1C(C)=O. The molecule has 9 nitrogen and oxygen atoms in total. The van der Waals surface area contributed by atoms with E-state index in [1.807, 2.05) is 0 Å². The van der Waals surface area contributed by atoms with Crippen molar-refractivity contribution in [1.82, 2.24) is 0 Å². The van der Waals surface area contributed by atoms with E-state index in [1.54, 1.807) is 26.0 Å². The highest BCUT2D eigenvalue weighted by molar-refractivity contribution is 6.10. The summed E-state index contributed by atoms with van der Waals surface area (Å²) in [5.41, 5.74) is 0.523. The third kappa shape index (κ3) is 4.66. The number of fused-ring (bicyclic) bond motifs is 1. The molecule has 0 saturated carbocycles. The first-order chi connectivity index (χ1) is 14.7. The van der Waals surface area contributed by atoms with Crippen molar-refractivity contribution < 1.29 is 32.7 Å². The van der Waals surface area contributed by atoms with E-state index in [2.05, 4.69) is 5.32 Å². The Bertz CT molecular complexity index is 1230. The van der Waals surface area contributed by atoms with E-state index in [9.17, 15) is 19.2 Å². The first-order valence-corrected chi connectivity index (χ1v) is 9.49. The smallest absolute Gasteiger partial charge is 0.344 e. The Kier molecular flexibility index (Phi) is 6.24. The molecule has 1 N–H and O–H groups in total. The molecule has 0 atom stereocenters. The van der Waals surface area contributed by atoms with Gasteiger partial charge in [0.15, 0.2) is 12.4 Å². The van der Waals surface area contributed by atoms with E-state index in [0.29, 0.717) is 11.3 Å². The van der Waals surface area contributed by atoms with Crippen LogP contribution in [0.4, 0.5) is 5.88 Å². The van der Waals surface area contributed by atoms with Gasteiger partial charge in [-0.15, -0.1) is 0 Å². The van der Waals surface area contributed by atoms with Crippen LogP contribution in [0.2, 0.25) is 0 Å². The van der Waals surface area contributed by atoms with E-state index < -0.39 is 29.9 Å². The minimum absolute atomic E-state index is 0.0506. The molecular weight excluding hydrogens is 406 g/mol. The van der Waals surface area contributed by atoms with Crippen molar-refractivity contribution in [2.45, 2.75) is 27.7 Å². The first-order valence-electron chi connectivity index (χ1n) is 9.49. The second-order valence-corrected chi connectivity index (χ2v) is 6.76. The van der Waals surface area contributed by atoms with Gasteiger partial charge in [-0.3, -0.25) is 14.9 Å². The molecule has 31 heavy (non-hydrogen) atoms. The van der Waals surface area contributed by atoms with Gasteiger partial charge in [0.05, 0.1) is 12.2 Å². The average molecular weight is 427 g/mol. The van der Waals surface area contributed by atoms with Crippen LogP contribution in [0.15, 0.2) is 37.9 Å². The molecule has 9 heteroatoms. The summed E-state index contributed by atoms with van der Waals surface area (Å²) in [6.07, 6.45) is 0. The number of anilines is 1. The lowest BCUT2D eigenvalue weighted by atomic mass is 10.1. The molecular formula is C22H21NO8. The highest BCUT2D eigenvalue weighted by Gasteiger charge is 2.28. The number of aryl methyl sites for hydroxylation is 2. The Balaban J connectivity index is 1.78. The Labute approximate surface area is 176 Å². The number of hydrogen-bond acceptors (Lipinski definition) is 8. The van der Waals surface area contributed by atoms with Gasteiger partial charge in [0.2, 0.25) is 5.88 Å². The summed E-state index contributed by atoms with van der Waals surface area (Å²) in [7, 11) is 0. The topological polar surface area (TPSA) is 125 Å². The summed E-state index contributed by atoms with van der Waals surface area (Å²) >= 11 is 0. The summed E-state index contributed by atoms with van der Waals surface area (Å²) in [5.74, 6) is -1.49. The highest BCUT2D eigenvalue weighted by Crippen LogP contribution is 2.28. The lowest BCUT2D eigenvalue weighted by Gasteiger charge is -2.08. The predicted octanol–water partition coefficient (Wildman–Crippen LogP) is 3.40. The number of carbonyl (C=O) groups excluding carboxylic acids is 3. The van der Waals surface area contributed by atoms with Crippen LogP contribution in [0.3, 0.4) is 0 Å². The fourth-order valence-electron chi connectivity index (χ4n) is 3.16. The van der Waals surface area contributed by atoms with Crippen LogP contribution >= 0.6 is 0 Å². The molecule has 0 aliphatic carbocycles. The molecule has 0 unspecified atom stereocenters. The van der Waals surface area contributed by atoms with Crippen LogP contribution in [-0.4, -0.2) is 30.9 Å². The minimum atomic E-state index is -0.777. The summed E-state index contributed by atoms with van der Waals surface area (Å²) in [5, 5.41) is 3.18. The highest BCUT2D eigenvalue weighted by atomic mass is 16.5. The molecule has 2 aromatic heterocycles. The third-order valence-electron chi connectivity index (χ3n) is 4.46. The van der Waals surface area contributed by atoms with Crippen molar-refractivity contribution in [2.24, 2.45) is 0 Å². The lowest BCUT2D eigenvalue weighted by molar-refractivity contribution is -0.118. The summed E-state index contributed by atoms with van der Waals surface area (Å²) < 4.78 is 21.0. The van der Waals surface area contributed by atoms with E-state index in [-0.39, 0.29) is 29.4 Å². The molecule has 0 aliphatic rings. The zero-order valence-corrected chi connectivity index (χ0v) is 17.5. The van der Waals surface area contributed by atoms with Gasteiger partial charge >= 0.3 is 11.6 Å². The molecule has 3 rings (SSSR count). The van der Waals surface area contributed by atoms with Crippen molar-refractivity contribution >= 4 is 34.5 Å². The van der Waals surface area contributed by atoms with Gasteiger partial charge in [0.1, 0.15) is 22.7 Å². The summed E-state index contributed by atoms with van der Waals surface area (Å²) in [4.78, 5) is 48.1. The van der Waals surface area contributed by atoms with Crippen molar-refractivity contribution in [2.75, 3.05) is 18.5 Å². The molecule has 0 saturated heterocycles. The Morgan fingerprint density at radius 2 is 1.81 bits per heavy atom. The normalized spacial score (nSPS) is 10.7. The van der Waals surface area contributed by atoms with E-state index in [4.69, 9.17) is 18.3 Å². The number of hydrogen-bond donors (Lipinski definition) is 1. The van der Waals surface area contributed by atoms with Crippen LogP contribution in [-0.2, 0) is 9.53 Å². The predicted molar refractivity (Wildman–Crippen MR) is 111 cm³/mol. The fourth-order valence-corrected chi connectivity index (χ4v) is 3.16. The summed E-state index contributed by atoms with van der Waals surface area (Å²) in [6, 6.07) is 6.25. The largest absolute Gasteiger partial charge is 0.484 e. The molecule has 1 amide bonds. The maximum Gasteiger partial charge on any atom is 0.344 e. The molecule has 2 heterocycles. The number of ether oxygens (including phenoxy) is 2. The molecule has 0 spiro atoms. The van der Waals surface area contributed by atoms with Gasteiger partial charge in [-0.25, -0.2) is 9.59 Å². The zero-order chi connectivity index (χ0) is 22.7. The Hall–Kier alpha value is -3.88. The molecule has 0 aliphatic heterocycles. The van der Waals surface area contributed by atoms with Gasteiger partial charge in [0, 0.05) is 17.5 Å². The van der Waals surface area contributed by atoms with Crippen molar-refractivity contribution in [3.8, 4) is 5.75 Å². The van der Waals surface area contributed by atoms with Crippen molar-refractivity contribution in [3.05, 3.63) is 57.1 Å². The van der Waals surface area contributed by atoms with Crippen LogP contribution in [0.1, 0.15) is 45.9 Å². The number of furan rings is 1. The van der Waals surface area contributed by atoms with Gasteiger partial charge in [-0.2, -0.15) is 0 Å². The molecule has 0 bridgehead atoms. The van der Waals surface area contributed by atoms with Gasteiger partial charge < -0.3 is 18.3 Å². The van der Waals surface area contributed by atoms with Crippen LogP contribution < -0.4 is 15.7 Å². The van der Waals surface area contributed by atoms with Crippen molar-refractivity contribution in [1.29, 1.82) is 0 Å². The van der Waals surface area contributed by atoms with E-state index in [0.717, 1.165) is 10.9 Å². The fraction of sp³-hybridized carbons (Fsp3) is 0.273. The van der Waals surface area contributed by atoms with Crippen LogP contribution in [0.25, 0.3) is 11.0 Å². The number of nitrogens with one attached hydrogen (secondary N) is 1. The standard InChI is InChI=1S/C22H21NO8/c1-5-28-22(27)20-19(12(3)24)13(4)30-21(20)23-17(25)10-29-14-6-7-15-11(2)8-18(26)31-16(15)9-14/h6-9H,5,10H2,1-4H3,(H,23,25). The number of ketones is 1. The first kappa shape index (κ1) is 21.8. The van der Waals surface area contributed by atoms with Gasteiger partial charge in [-0.1, -0.05) is 0 Å². The van der Waals surface area contributed by atoms with Gasteiger partial charge in [-0.05, 0) is 45.4 Å². The molecule has 1 aromatic carbocycles. The Morgan fingerprint density at radius 1 is 1.06 bits per heavy atom. The summed E-state index contributed by atoms with van der Waals surface area (Å²) in [6.45, 7) is 5.88. The van der Waals surface area contributed by atoms with E-state index in [1.165, 1.54) is 26.0 Å². The number of esters is 1. The van der Waals surface area contributed by atoms with Crippen LogP contribution in [0.5, 0.6) is 5.75 Å². The number of carbonyl (C=O) groups is 3. The quantitative estimate of drug-likeness (QED) is 0.345. The second-order valence-electron chi connectivity index (χ2n) is 6.76. The monoisotopic (exact) mass is 427 g/mol. The second kappa shape index (κ2) is 8.86. The molecule has 162 valence electrons. The maximum absolute atomic E-state index is 12.4. The van der Waals surface area contributed by atoms with Crippen LogP contribution in [0, 0.1) is 13.8 Å². The minimum Gasteiger partial charge on any atom is -0.484 e. The molecule has 0 fully saturated rings. The Morgan fingerprint density at radius 3 is 2.48 bits per heavy atom. The maximum atomic E-state index is 12.4. The zero-order valence-electron chi connectivity index (χ0n) is 17.5. The number of benzene rings is 1. The van der Waals surface area contributed by atoms with Crippen molar-refractivity contribution in [3.63, 3.8) is 0 Å². The number of Topliss-reactive ketones (excluding diaryl/α,β-unsaturated/α-hetero) is 1. The lowest BCUT2D eigenvalue weighted by Crippen LogP contribution is -2.21. The third-order valence-corrected chi connectivity index (χ3v) is 4.46.